The van der Waals surface area contributed by atoms with Gasteiger partial charge in [0.25, 0.3) is 0 Å². The fourth-order valence-electron chi connectivity index (χ4n) is 2.22. The molecule has 0 amide bonds. The molecule has 0 radical (unpaired) electrons. The molecule has 2 aromatic rings. The van der Waals surface area contributed by atoms with Gasteiger partial charge in [-0.15, -0.1) is 0 Å². The molecule has 2 rings (SSSR count). The van der Waals surface area contributed by atoms with E-state index in [0.717, 1.165) is 23.1 Å². The maximum Gasteiger partial charge on any atom is 0.335 e. The van der Waals surface area contributed by atoms with E-state index in [9.17, 15) is 9.90 Å². The fourth-order valence-corrected chi connectivity index (χ4v) is 2.22. The van der Waals surface area contributed by atoms with Gasteiger partial charge in [0.2, 0.25) is 0 Å². The standard InChI is InChI=1S/C17H18O2/c1-12(2)10-15-11-14(8-9-16(15)17(18)19)13-6-4-3-5-7-13/h3-9,11-12H,10H2,1-2H3,(H,18,19). The number of carboxylic acid groups (broad SMARTS) is 1. The van der Waals surface area contributed by atoms with E-state index in [0.29, 0.717) is 11.5 Å². The van der Waals surface area contributed by atoms with Gasteiger partial charge in [-0.25, -0.2) is 4.79 Å². The first-order valence-corrected chi connectivity index (χ1v) is 6.49. The summed E-state index contributed by atoms with van der Waals surface area (Å²) in [6.07, 6.45) is 0.780. The second kappa shape index (κ2) is 5.70. The van der Waals surface area contributed by atoms with Crippen molar-refractivity contribution in [2.75, 3.05) is 0 Å². The minimum atomic E-state index is -0.852. The zero-order valence-corrected chi connectivity index (χ0v) is 11.3. The molecular weight excluding hydrogens is 236 g/mol. The summed E-state index contributed by atoms with van der Waals surface area (Å²) in [4.78, 5) is 11.3. The topological polar surface area (TPSA) is 37.3 Å². The van der Waals surface area contributed by atoms with Crippen molar-refractivity contribution < 1.29 is 9.90 Å². The smallest absolute Gasteiger partial charge is 0.335 e. The number of hydrogen-bond acceptors (Lipinski definition) is 1. The van der Waals surface area contributed by atoms with Crippen LogP contribution in [-0.4, -0.2) is 11.1 Å². The highest BCUT2D eigenvalue weighted by Crippen LogP contribution is 2.24. The Morgan fingerprint density at radius 1 is 1.05 bits per heavy atom. The molecule has 0 bridgehead atoms. The lowest BCUT2D eigenvalue weighted by molar-refractivity contribution is 0.0695. The Balaban J connectivity index is 2.46. The van der Waals surface area contributed by atoms with Crippen LogP contribution >= 0.6 is 0 Å². The number of carbonyl (C=O) groups is 1. The SMILES string of the molecule is CC(C)Cc1cc(-c2ccccc2)ccc1C(=O)O. The maximum absolute atomic E-state index is 11.3. The van der Waals surface area contributed by atoms with E-state index in [1.54, 1.807) is 6.07 Å². The van der Waals surface area contributed by atoms with Crippen LogP contribution in [0.15, 0.2) is 48.5 Å². The van der Waals surface area contributed by atoms with Gasteiger partial charge >= 0.3 is 5.97 Å². The first-order chi connectivity index (χ1) is 9.08. The number of carboxylic acids is 1. The van der Waals surface area contributed by atoms with Crippen LogP contribution < -0.4 is 0 Å². The Bertz CT molecular complexity index is 571. The monoisotopic (exact) mass is 254 g/mol. The third-order valence-electron chi connectivity index (χ3n) is 3.07. The molecule has 98 valence electrons. The summed E-state index contributed by atoms with van der Waals surface area (Å²) >= 11 is 0. The quantitative estimate of drug-likeness (QED) is 0.885. The minimum Gasteiger partial charge on any atom is -0.478 e. The van der Waals surface area contributed by atoms with E-state index in [4.69, 9.17) is 0 Å². The molecule has 2 heteroatoms. The molecule has 0 spiro atoms. The highest BCUT2D eigenvalue weighted by Gasteiger charge is 2.12. The van der Waals surface area contributed by atoms with Gasteiger partial charge in [0.05, 0.1) is 5.56 Å². The first kappa shape index (κ1) is 13.3. The van der Waals surface area contributed by atoms with Gasteiger partial charge in [0, 0.05) is 0 Å². The number of hydrogen-bond donors (Lipinski definition) is 1. The number of benzene rings is 2. The van der Waals surface area contributed by atoms with Gasteiger partial charge in [-0.2, -0.15) is 0 Å². The van der Waals surface area contributed by atoms with Crippen molar-refractivity contribution in [3.8, 4) is 11.1 Å². The van der Waals surface area contributed by atoms with E-state index in [1.807, 2.05) is 42.5 Å². The van der Waals surface area contributed by atoms with Crippen molar-refractivity contribution in [1.29, 1.82) is 0 Å². The zero-order valence-electron chi connectivity index (χ0n) is 11.3. The van der Waals surface area contributed by atoms with Crippen LogP contribution in [-0.2, 0) is 6.42 Å². The molecule has 0 aliphatic carbocycles. The Morgan fingerprint density at radius 2 is 1.74 bits per heavy atom. The highest BCUT2D eigenvalue weighted by molar-refractivity contribution is 5.90. The third kappa shape index (κ3) is 3.22. The molecular formula is C17H18O2. The molecule has 0 saturated heterocycles. The molecule has 0 aliphatic rings. The molecule has 2 nitrogen and oxygen atoms in total. The number of rotatable bonds is 4. The van der Waals surface area contributed by atoms with Crippen molar-refractivity contribution >= 4 is 5.97 Å². The van der Waals surface area contributed by atoms with Crippen LogP contribution in [0.4, 0.5) is 0 Å². The summed E-state index contributed by atoms with van der Waals surface area (Å²) in [7, 11) is 0. The van der Waals surface area contributed by atoms with Gasteiger partial charge < -0.3 is 5.11 Å². The molecule has 0 aliphatic heterocycles. The lowest BCUT2D eigenvalue weighted by Gasteiger charge is -2.11. The van der Waals surface area contributed by atoms with Crippen molar-refractivity contribution in [1.82, 2.24) is 0 Å². The van der Waals surface area contributed by atoms with Crippen LogP contribution in [0, 0.1) is 5.92 Å². The summed E-state index contributed by atoms with van der Waals surface area (Å²) in [5.41, 5.74) is 3.50. The Hall–Kier alpha value is -2.09. The van der Waals surface area contributed by atoms with E-state index in [2.05, 4.69) is 13.8 Å². The van der Waals surface area contributed by atoms with Crippen molar-refractivity contribution in [2.45, 2.75) is 20.3 Å². The van der Waals surface area contributed by atoms with Crippen molar-refractivity contribution in [2.24, 2.45) is 5.92 Å². The molecule has 0 atom stereocenters. The highest BCUT2D eigenvalue weighted by atomic mass is 16.4. The summed E-state index contributed by atoms with van der Waals surface area (Å²) in [5.74, 6) is -0.417. The van der Waals surface area contributed by atoms with Gasteiger partial charge in [-0.05, 0) is 35.1 Å². The summed E-state index contributed by atoms with van der Waals surface area (Å²) in [6, 6.07) is 15.6. The molecule has 1 N–H and O–H groups in total. The maximum atomic E-state index is 11.3. The zero-order chi connectivity index (χ0) is 13.8. The second-order valence-electron chi connectivity index (χ2n) is 5.14. The van der Waals surface area contributed by atoms with Crippen molar-refractivity contribution in [3.63, 3.8) is 0 Å². The van der Waals surface area contributed by atoms with E-state index in [1.165, 1.54) is 0 Å². The van der Waals surface area contributed by atoms with Crippen LogP contribution in [0.25, 0.3) is 11.1 Å². The predicted molar refractivity (Wildman–Crippen MR) is 77.4 cm³/mol. The molecule has 0 heterocycles. The summed E-state index contributed by atoms with van der Waals surface area (Å²) in [5, 5.41) is 9.24. The number of aromatic carboxylic acids is 1. The van der Waals surface area contributed by atoms with E-state index >= 15 is 0 Å². The van der Waals surface area contributed by atoms with Crippen LogP contribution in [0.1, 0.15) is 29.8 Å². The molecule has 0 fully saturated rings. The normalized spacial score (nSPS) is 10.7. The Kier molecular flexibility index (Phi) is 4.00. The van der Waals surface area contributed by atoms with Gasteiger partial charge in [0.1, 0.15) is 0 Å². The molecule has 19 heavy (non-hydrogen) atoms. The predicted octanol–water partition coefficient (Wildman–Crippen LogP) is 4.25. The van der Waals surface area contributed by atoms with Gasteiger partial charge in [0.15, 0.2) is 0 Å². The van der Waals surface area contributed by atoms with Gasteiger partial charge in [-0.1, -0.05) is 56.3 Å². The van der Waals surface area contributed by atoms with E-state index in [-0.39, 0.29) is 0 Å². The Labute approximate surface area is 113 Å². The second-order valence-corrected chi connectivity index (χ2v) is 5.14. The first-order valence-electron chi connectivity index (χ1n) is 6.49. The summed E-state index contributed by atoms with van der Waals surface area (Å²) < 4.78 is 0. The molecule has 0 unspecified atom stereocenters. The largest absolute Gasteiger partial charge is 0.478 e. The van der Waals surface area contributed by atoms with Crippen LogP contribution in [0.5, 0.6) is 0 Å². The minimum absolute atomic E-state index is 0.411. The van der Waals surface area contributed by atoms with E-state index < -0.39 is 5.97 Å². The lowest BCUT2D eigenvalue weighted by atomic mass is 9.94. The van der Waals surface area contributed by atoms with Gasteiger partial charge in [-0.3, -0.25) is 0 Å². The fraction of sp³-hybridized carbons (Fsp3) is 0.235. The van der Waals surface area contributed by atoms with Crippen LogP contribution in [0.3, 0.4) is 0 Å². The third-order valence-corrected chi connectivity index (χ3v) is 3.07. The lowest BCUT2D eigenvalue weighted by Crippen LogP contribution is -2.05. The van der Waals surface area contributed by atoms with Crippen molar-refractivity contribution in [3.05, 3.63) is 59.7 Å². The average Bonchev–Trinajstić information content (AvgIpc) is 2.38. The molecule has 2 aromatic carbocycles. The average molecular weight is 254 g/mol. The van der Waals surface area contributed by atoms with Crippen LogP contribution in [0.2, 0.25) is 0 Å². The molecule has 0 saturated carbocycles. The molecule has 0 aromatic heterocycles. The Morgan fingerprint density at radius 3 is 2.32 bits per heavy atom. The summed E-state index contributed by atoms with van der Waals surface area (Å²) in [6.45, 7) is 4.20.